The van der Waals surface area contributed by atoms with Crippen molar-refractivity contribution in [3.63, 3.8) is 0 Å². The summed E-state index contributed by atoms with van der Waals surface area (Å²) >= 11 is 0. The molecule has 0 spiro atoms. The zero-order chi connectivity index (χ0) is 17.1. The molecule has 2 atom stereocenters. The van der Waals surface area contributed by atoms with Gasteiger partial charge in [0, 0.05) is 31.7 Å². The third-order valence-corrected chi connectivity index (χ3v) is 4.42. The predicted molar refractivity (Wildman–Crippen MR) is 90.2 cm³/mol. The molecule has 0 saturated carbocycles. The number of carbonyl (C=O) groups excluding carboxylic acids is 1. The van der Waals surface area contributed by atoms with Crippen molar-refractivity contribution in [3.05, 3.63) is 41.9 Å². The molecule has 1 aliphatic rings. The Bertz CT molecular complexity index is 697. The van der Waals surface area contributed by atoms with Crippen molar-refractivity contribution >= 4 is 11.7 Å². The number of nitrogen functional groups attached to an aromatic ring is 1. The molecule has 0 radical (unpaired) electrons. The molecule has 1 amide bonds. The van der Waals surface area contributed by atoms with E-state index in [1.165, 1.54) is 0 Å². The van der Waals surface area contributed by atoms with Crippen molar-refractivity contribution in [3.8, 4) is 0 Å². The SMILES string of the molecule is CO[C@@H]1C[C@@H](Cn2ccc(N)n2)N(C(=O)Cc2ccc(C)nc2)C1. The second-order valence-electron chi connectivity index (χ2n) is 6.24. The molecule has 7 nitrogen and oxygen atoms in total. The Kier molecular flexibility index (Phi) is 4.80. The average molecular weight is 329 g/mol. The number of anilines is 1. The Hall–Kier alpha value is -2.41. The smallest absolute Gasteiger partial charge is 0.227 e. The van der Waals surface area contributed by atoms with E-state index in [-0.39, 0.29) is 18.1 Å². The van der Waals surface area contributed by atoms with Gasteiger partial charge in [0.1, 0.15) is 5.82 Å². The lowest BCUT2D eigenvalue weighted by Crippen LogP contribution is -2.39. The fraction of sp³-hybridized carbons (Fsp3) is 0.471. The van der Waals surface area contributed by atoms with Gasteiger partial charge in [-0.3, -0.25) is 14.5 Å². The molecule has 1 saturated heterocycles. The van der Waals surface area contributed by atoms with Crippen LogP contribution >= 0.6 is 0 Å². The topological polar surface area (TPSA) is 86.3 Å². The molecule has 1 fully saturated rings. The summed E-state index contributed by atoms with van der Waals surface area (Å²) in [5, 5.41) is 4.22. The highest BCUT2D eigenvalue weighted by Crippen LogP contribution is 2.22. The normalized spacial score (nSPS) is 20.5. The third-order valence-electron chi connectivity index (χ3n) is 4.42. The number of carbonyl (C=O) groups is 1. The molecule has 128 valence electrons. The van der Waals surface area contributed by atoms with Crippen molar-refractivity contribution in [2.45, 2.75) is 38.5 Å². The van der Waals surface area contributed by atoms with E-state index in [1.807, 2.05) is 30.2 Å². The van der Waals surface area contributed by atoms with Gasteiger partial charge in [-0.15, -0.1) is 0 Å². The molecule has 2 aromatic rings. The number of nitrogens with two attached hydrogens (primary N) is 1. The molecular formula is C17H23N5O2. The van der Waals surface area contributed by atoms with E-state index in [0.717, 1.165) is 17.7 Å². The van der Waals surface area contributed by atoms with Crippen LogP contribution in [0.1, 0.15) is 17.7 Å². The Morgan fingerprint density at radius 3 is 2.88 bits per heavy atom. The summed E-state index contributed by atoms with van der Waals surface area (Å²) < 4.78 is 7.25. The van der Waals surface area contributed by atoms with E-state index in [2.05, 4.69) is 10.1 Å². The molecule has 1 aliphatic heterocycles. The van der Waals surface area contributed by atoms with Gasteiger partial charge in [-0.05, 0) is 31.0 Å². The van der Waals surface area contributed by atoms with Crippen molar-refractivity contribution < 1.29 is 9.53 Å². The first-order valence-electron chi connectivity index (χ1n) is 8.08. The van der Waals surface area contributed by atoms with Crippen LogP contribution in [0.2, 0.25) is 0 Å². The summed E-state index contributed by atoms with van der Waals surface area (Å²) in [6, 6.07) is 5.69. The van der Waals surface area contributed by atoms with Crippen LogP contribution in [0.3, 0.4) is 0 Å². The summed E-state index contributed by atoms with van der Waals surface area (Å²) in [5.41, 5.74) is 7.54. The zero-order valence-electron chi connectivity index (χ0n) is 14.1. The minimum absolute atomic E-state index is 0.0557. The van der Waals surface area contributed by atoms with Crippen molar-refractivity contribution in [1.82, 2.24) is 19.7 Å². The maximum atomic E-state index is 12.8. The van der Waals surface area contributed by atoms with Gasteiger partial charge in [-0.2, -0.15) is 5.10 Å². The quantitative estimate of drug-likeness (QED) is 0.885. The standard InChI is InChI=1S/C17H23N5O2/c1-12-3-4-13(9-19-12)7-17(23)22-11-15(24-2)8-14(22)10-21-6-5-16(18)20-21/h3-6,9,14-15H,7-8,10-11H2,1-2H3,(H2,18,20)/t14-,15+/m0/s1. The number of hydrogen-bond donors (Lipinski definition) is 1. The second kappa shape index (κ2) is 7.00. The summed E-state index contributed by atoms with van der Waals surface area (Å²) in [7, 11) is 1.69. The van der Waals surface area contributed by atoms with E-state index in [0.29, 0.717) is 25.3 Å². The minimum Gasteiger partial charge on any atom is -0.382 e. The van der Waals surface area contributed by atoms with E-state index in [4.69, 9.17) is 10.5 Å². The highest BCUT2D eigenvalue weighted by Gasteiger charge is 2.35. The number of nitrogens with zero attached hydrogens (tertiary/aromatic N) is 4. The predicted octanol–water partition coefficient (Wildman–Crippen LogP) is 1.03. The van der Waals surface area contributed by atoms with E-state index in [9.17, 15) is 4.79 Å². The lowest BCUT2D eigenvalue weighted by molar-refractivity contribution is -0.131. The van der Waals surface area contributed by atoms with Crippen LogP contribution < -0.4 is 5.73 Å². The van der Waals surface area contributed by atoms with Crippen molar-refractivity contribution in [2.24, 2.45) is 0 Å². The van der Waals surface area contributed by atoms with Gasteiger partial charge in [0.15, 0.2) is 0 Å². The fourth-order valence-electron chi connectivity index (χ4n) is 3.10. The van der Waals surface area contributed by atoms with Gasteiger partial charge in [0.25, 0.3) is 0 Å². The summed E-state index contributed by atoms with van der Waals surface area (Å²) in [4.78, 5) is 18.9. The molecule has 0 unspecified atom stereocenters. The summed E-state index contributed by atoms with van der Waals surface area (Å²) in [5.74, 6) is 0.574. The first-order chi connectivity index (χ1) is 11.5. The van der Waals surface area contributed by atoms with Crippen molar-refractivity contribution in [2.75, 3.05) is 19.4 Å². The van der Waals surface area contributed by atoms with Crippen LogP contribution in [0.4, 0.5) is 5.82 Å². The van der Waals surface area contributed by atoms with Crippen LogP contribution in [-0.4, -0.2) is 51.4 Å². The number of amides is 1. The average Bonchev–Trinajstić information content (AvgIpc) is 3.16. The lowest BCUT2D eigenvalue weighted by atomic mass is 10.1. The maximum absolute atomic E-state index is 12.8. The minimum atomic E-state index is 0.0557. The Morgan fingerprint density at radius 2 is 2.25 bits per heavy atom. The van der Waals surface area contributed by atoms with E-state index in [1.54, 1.807) is 24.1 Å². The zero-order valence-corrected chi connectivity index (χ0v) is 14.1. The Balaban J connectivity index is 1.70. The molecule has 0 aromatic carbocycles. The number of aromatic nitrogens is 3. The van der Waals surface area contributed by atoms with Gasteiger partial charge in [-0.25, -0.2) is 0 Å². The van der Waals surface area contributed by atoms with Crippen LogP contribution in [0.5, 0.6) is 0 Å². The van der Waals surface area contributed by atoms with Gasteiger partial charge < -0.3 is 15.4 Å². The van der Waals surface area contributed by atoms with Crippen LogP contribution in [0.25, 0.3) is 0 Å². The molecule has 2 aromatic heterocycles. The monoisotopic (exact) mass is 329 g/mol. The summed E-state index contributed by atoms with van der Waals surface area (Å²) in [6.07, 6.45) is 4.81. The molecule has 3 rings (SSSR count). The van der Waals surface area contributed by atoms with Crippen LogP contribution in [0, 0.1) is 6.92 Å². The molecule has 7 heteroatoms. The fourth-order valence-corrected chi connectivity index (χ4v) is 3.10. The summed E-state index contributed by atoms with van der Waals surface area (Å²) in [6.45, 7) is 3.16. The largest absolute Gasteiger partial charge is 0.382 e. The molecule has 3 heterocycles. The number of ether oxygens (including phenoxy) is 1. The molecule has 24 heavy (non-hydrogen) atoms. The lowest BCUT2D eigenvalue weighted by Gasteiger charge is -2.24. The third kappa shape index (κ3) is 3.73. The molecular weight excluding hydrogens is 306 g/mol. The highest BCUT2D eigenvalue weighted by molar-refractivity contribution is 5.79. The number of hydrogen-bond acceptors (Lipinski definition) is 5. The van der Waals surface area contributed by atoms with Crippen LogP contribution in [0.15, 0.2) is 30.6 Å². The first kappa shape index (κ1) is 16.4. The Labute approximate surface area is 141 Å². The van der Waals surface area contributed by atoms with Gasteiger partial charge in [0.2, 0.25) is 5.91 Å². The van der Waals surface area contributed by atoms with Crippen molar-refractivity contribution in [1.29, 1.82) is 0 Å². The highest BCUT2D eigenvalue weighted by atomic mass is 16.5. The first-order valence-corrected chi connectivity index (χ1v) is 8.08. The van der Waals surface area contributed by atoms with Gasteiger partial charge >= 0.3 is 0 Å². The van der Waals surface area contributed by atoms with Gasteiger partial charge in [-0.1, -0.05) is 6.07 Å². The number of aryl methyl sites for hydroxylation is 1. The maximum Gasteiger partial charge on any atom is 0.227 e. The van der Waals surface area contributed by atoms with E-state index >= 15 is 0 Å². The number of rotatable bonds is 5. The number of pyridine rings is 1. The Morgan fingerprint density at radius 1 is 1.42 bits per heavy atom. The number of likely N-dealkylation sites (tertiary alicyclic amines) is 1. The van der Waals surface area contributed by atoms with Gasteiger partial charge in [0.05, 0.1) is 25.1 Å². The second-order valence-corrected chi connectivity index (χ2v) is 6.24. The van der Waals surface area contributed by atoms with Crippen LogP contribution in [-0.2, 0) is 22.5 Å². The number of methoxy groups -OCH3 is 1. The molecule has 0 aliphatic carbocycles. The molecule has 2 N–H and O–H groups in total. The molecule has 0 bridgehead atoms. The van der Waals surface area contributed by atoms with E-state index < -0.39 is 0 Å².